The van der Waals surface area contributed by atoms with Crippen molar-refractivity contribution in [1.29, 1.82) is 0 Å². The molecule has 2 aromatic heterocycles. The summed E-state index contributed by atoms with van der Waals surface area (Å²) in [5.74, 6) is 0.689. The van der Waals surface area contributed by atoms with Crippen molar-refractivity contribution < 1.29 is 0 Å². The topological polar surface area (TPSA) is 25.8 Å². The van der Waals surface area contributed by atoms with Crippen LogP contribution in [0, 0.1) is 0 Å². The fourth-order valence-corrected chi connectivity index (χ4v) is 11.7. The summed E-state index contributed by atoms with van der Waals surface area (Å²) < 4.78 is 2.61. The predicted molar refractivity (Wildman–Crippen MR) is 285 cm³/mol. The zero-order chi connectivity index (χ0) is 45.0. The van der Waals surface area contributed by atoms with Crippen LogP contribution in [0.15, 0.2) is 255 Å². The minimum absolute atomic E-state index is 0.461. The lowest BCUT2D eigenvalue weighted by Crippen LogP contribution is -2.28. The van der Waals surface area contributed by atoms with E-state index in [4.69, 9.17) is 9.97 Å². The number of benzene rings is 10. The molecule has 12 aromatic rings. The quantitative estimate of drug-likeness (QED) is 0.152. The first kappa shape index (κ1) is 39.8. The number of rotatable bonds is 8. The van der Waals surface area contributed by atoms with E-state index in [1.165, 1.54) is 59.1 Å². The third kappa shape index (κ3) is 6.70. The molecule has 1 aliphatic rings. The van der Waals surface area contributed by atoms with Crippen molar-refractivity contribution >= 4 is 31.5 Å². The van der Waals surface area contributed by atoms with E-state index >= 15 is 0 Å². The highest BCUT2D eigenvalue weighted by molar-refractivity contribution is 7.25. The Morgan fingerprint density at radius 3 is 1.53 bits per heavy atom. The molecule has 13 rings (SSSR count). The van der Waals surface area contributed by atoms with Gasteiger partial charge in [-0.2, -0.15) is 0 Å². The fourth-order valence-electron chi connectivity index (χ4n) is 10.6. The van der Waals surface area contributed by atoms with Gasteiger partial charge in [0.25, 0.3) is 0 Å². The van der Waals surface area contributed by atoms with Crippen molar-refractivity contribution in [3.05, 3.63) is 277 Å². The van der Waals surface area contributed by atoms with E-state index in [0.717, 1.165) is 55.9 Å². The first-order valence-corrected chi connectivity index (χ1v) is 24.0. The lowest BCUT2D eigenvalue weighted by Gasteiger charge is -2.33. The van der Waals surface area contributed by atoms with Crippen molar-refractivity contribution in [3.8, 4) is 78.4 Å². The summed E-state index contributed by atoms with van der Waals surface area (Å²) in [5.41, 5.74) is 18.8. The van der Waals surface area contributed by atoms with Crippen molar-refractivity contribution in [3.63, 3.8) is 0 Å². The molecule has 10 aromatic carbocycles. The van der Waals surface area contributed by atoms with Gasteiger partial charge in [-0.15, -0.1) is 11.3 Å². The second-order valence-electron chi connectivity index (χ2n) is 17.7. The summed E-state index contributed by atoms with van der Waals surface area (Å²) in [5, 5.41) is 2.59. The molecule has 1 aliphatic carbocycles. The molecule has 3 heteroatoms. The fraction of sp³-hybridized carbons (Fsp3) is 0.0154. The summed E-state index contributed by atoms with van der Waals surface area (Å²) >= 11 is 1.85. The van der Waals surface area contributed by atoms with Gasteiger partial charge in [-0.1, -0.05) is 200 Å². The second kappa shape index (κ2) is 16.4. The molecule has 0 amide bonds. The second-order valence-corrected chi connectivity index (χ2v) is 18.8. The maximum atomic E-state index is 5.37. The van der Waals surface area contributed by atoms with E-state index in [0.29, 0.717) is 5.82 Å². The lowest BCUT2D eigenvalue weighted by atomic mass is 9.67. The highest BCUT2D eigenvalue weighted by Crippen LogP contribution is 2.56. The number of nitrogens with zero attached hydrogens (tertiary/aromatic N) is 2. The Labute approximate surface area is 400 Å². The van der Waals surface area contributed by atoms with E-state index in [1.807, 2.05) is 17.4 Å². The van der Waals surface area contributed by atoms with Crippen molar-refractivity contribution in [2.45, 2.75) is 5.41 Å². The molecule has 0 saturated heterocycles. The largest absolute Gasteiger partial charge is 0.228 e. The van der Waals surface area contributed by atoms with Gasteiger partial charge in [-0.25, -0.2) is 9.97 Å². The number of thiophene rings is 1. The lowest BCUT2D eigenvalue weighted by molar-refractivity contribution is 0.768. The molecular formula is C65H42N2S. The van der Waals surface area contributed by atoms with Gasteiger partial charge in [-0.3, -0.25) is 0 Å². The Balaban J connectivity index is 0.981. The van der Waals surface area contributed by atoms with Crippen molar-refractivity contribution in [2.24, 2.45) is 0 Å². The third-order valence-corrected chi connectivity index (χ3v) is 14.9. The van der Waals surface area contributed by atoms with Crippen LogP contribution in [0.4, 0.5) is 0 Å². The number of aromatic nitrogens is 2. The average Bonchev–Trinajstić information content (AvgIpc) is 3.95. The van der Waals surface area contributed by atoms with Crippen molar-refractivity contribution in [2.75, 3.05) is 0 Å². The molecule has 0 fully saturated rings. The predicted octanol–water partition coefficient (Wildman–Crippen LogP) is 17.2. The molecule has 68 heavy (non-hydrogen) atoms. The summed E-state index contributed by atoms with van der Waals surface area (Å²) in [6.45, 7) is 0. The zero-order valence-corrected chi connectivity index (χ0v) is 37.9. The molecular weight excluding hydrogens is 841 g/mol. The van der Waals surface area contributed by atoms with Crippen LogP contribution >= 0.6 is 11.3 Å². The van der Waals surface area contributed by atoms with Gasteiger partial charge >= 0.3 is 0 Å². The van der Waals surface area contributed by atoms with Gasteiger partial charge in [0.1, 0.15) is 0 Å². The van der Waals surface area contributed by atoms with E-state index < -0.39 is 5.41 Å². The molecule has 318 valence electrons. The van der Waals surface area contributed by atoms with Crippen LogP contribution in [0.2, 0.25) is 0 Å². The van der Waals surface area contributed by atoms with Gasteiger partial charge in [0.05, 0.1) is 16.8 Å². The first-order chi connectivity index (χ1) is 33.7. The Morgan fingerprint density at radius 1 is 0.279 bits per heavy atom. The molecule has 0 atom stereocenters. The molecule has 0 saturated carbocycles. The van der Waals surface area contributed by atoms with E-state index in [1.54, 1.807) is 0 Å². The normalized spacial score (nSPS) is 12.5. The van der Waals surface area contributed by atoms with E-state index in [2.05, 4.69) is 249 Å². The molecule has 2 nitrogen and oxygen atoms in total. The summed E-state index contributed by atoms with van der Waals surface area (Å²) in [7, 11) is 0. The molecule has 0 spiro atoms. The van der Waals surface area contributed by atoms with Gasteiger partial charge in [-0.05, 0) is 121 Å². The zero-order valence-electron chi connectivity index (χ0n) is 37.1. The molecule has 0 unspecified atom stereocenters. The maximum Gasteiger partial charge on any atom is 0.160 e. The van der Waals surface area contributed by atoms with Gasteiger partial charge in [0.15, 0.2) is 5.82 Å². The number of hydrogen-bond donors (Lipinski definition) is 0. The highest BCUT2D eigenvalue weighted by atomic mass is 32.1. The maximum absolute atomic E-state index is 5.37. The monoisotopic (exact) mass is 882 g/mol. The minimum Gasteiger partial charge on any atom is -0.228 e. The highest BCUT2D eigenvalue weighted by Gasteiger charge is 2.46. The van der Waals surface area contributed by atoms with Gasteiger partial charge in [0, 0.05) is 36.9 Å². The summed E-state index contributed by atoms with van der Waals surface area (Å²) in [6, 6.07) is 92.5. The van der Waals surface area contributed by atoms with E-state index in [9.17, 15) is 0 Å². The third-order valence-electron chi connectivity index (χ3n) is 13.8. The van der Waals surface area contributed by atoms with Gasteiger partial charge in [0.2, 0.25) is 0 Å². The van der Waals surface area contributed by atoms with Crippen LogP contribution in [0.1, 0.15) is 22.3 Å². The molecule has 0 radical (unpaired) electrons. The SMILES string of the molecule is c1ccc(-c2cc(-c3ccc4c(c3)-c3ccccc3C4(c3ccccc3)c3ccccc3)cc(-c3cc(-c4cccc(-c5ccc6sc7ccccc7c6c5)c4)nc(-c4ccccc4)n3)c2)cc1. The molecule has 0 N–H and O–H groups in total. The summed E-state index contributed by atoms with van der Waals surface area (Å²) in [4.78, 5) is 10.7. The van der Waals surface area contributed by atoms with Crippen molar-refractivity contribution in [1.82, 2.24) is 9.97 Å². The van der Waals surface area contributed by atoms with E-state index in [-0.39, 0.29) is 0 Å². The molecule has 0 aliphatic heterocycles. The van der Waals surface area contributed by atoms with Crippen LogP contribution < -0.4 is 0 Å². The van der Waals surface area contributed by atoms with Crippen LogP contribution in [-0.4, -0.2) is 9.97 Å². The minimum atomic E-state index is -0.461. The van der Waals surface area contributed by atoms with Crippen LogP contribution in [0.25, 0.3) is 98.6 Å². The van der Waals surface area contributed by atoms with Gasteiger partial charge < -0.3 is 0 Å². The molecule has 2 heterocycles. The number of hydrogen-bond acceptors (Lipinski definition) is 3. The van der Waals surface area contributed by atoms with Crippen LogP contribution in [0.3, 0.4) is 0 Å². The Bertz CT molecular complexity index is 3800. The number of fused-ring (bicyclic) bond motifs is 6. The standard InChI is InChI=1S/C65H42N2S/c1-5-18-43(19-6-1)49-37-50(47-32-34-59-56(40-47)54-28-13-15-30-58(54)65(59,52-24-9-3-10-25-52)53-26-11-4-12-27-53)39-51(38-49)61-42-60(66-64(67-61)44-20-7-2-8-21-44)48-23-17-22-45(36-48)46-33-35-63-57(41-46)55-29-14-16-31-62(55)68-63/h1-42H. The summed E-state index contributed by atoms with van der Waals surface area (Å²) in [6.07, 6.45) is 0. The smallest absolute Gasteiger partial charge is 0.160 e. The molecule has 0 bridgehead atoms. The Kier molecular flexibility index (Phi) is 9.62. The van der Waals surface area contributed by atoms with Crippen LogP contribution in [0.5, 0.6) is 0 Å². The average molecular weight is 883 g/mol. The first-order valence-electron chi connectivity index (χ1n) is 23.2. The Hall–Kier alpha value is -8.50. The Morgan fingerprint density at radius 2 is 0.779 bits per heavy atom. The van der Waals surface area contributed by atoms with Crippen LogP contribution in [-0.2, 0) is 5.41 Å².